The van der Waals surface area contributed by atoms with Gasteiger partial charge in [0.25, 0.3) is 5.91 Å². The van der Waals surface area contributed by atoms with Crippen molar-refractivity contribution < 1.29 is 19.1 Å². The summed E-state index contributed by atoms with van der Waals surface area (Å²) in [6, 6.07) is 14.6. The van der Waals surface area contributed by atoms with Crippen molar-refractivity contribution in [2.75, 3.05) is 19.1 Å². The highest BCUT2D eigenvalue weighted by atomic mass is 79.9. The summed E-state index contributed by atoms with van der Waals surface area (Å²) >= 11 is 3.39. The van der Waals surface area contributed by atoms with Gasteiger partial charge in [-0.1, -0.05) is 28.1 Å². The first-order valence-corrected chi connectivity index (χ1v) is 9.01. The molecule has 0 aliphatic carbocycles. The molecule has 0 N–H and O–H groups in total. The van der Waals surface area contributed by atoms with Gasteiger partial charge >= 0.3 is 5.97 Å². The van der Waals surface area contributed by atoms with E-state index in [4.69, 9.17) is 9.47 Å². The van der Waals surface area contributed by atoms with E-state index in [1.165, 1.54) is 12.0 Å². The molecule has 2 aromatic rings. The van der Waals surface area contributed by atoms with E-state index < -0.39 is 5.97 Å². The Bertz CT molecular complexity index is 943. The van der Waals surface area contributed by atoms with E-state index in [2.05, 4.69) is 15.9 Å². The van der Waals surface area contributed by atoms with Crippen molar-refractivity contribution in [3.8, 4) is 5.75 Å². The quantitative estimate of drug-likeness (QED) is 0.537. The van der Waals surface area contributed by atoms with Gasteiger partial charge in [-0.3, -0.25) is 9.69 Å². The number of carbonyl (C=O) groups is 2. The van der Waals surface area contributed by atoms with Crippen LogP contribution >= 0.6 is 15.9 Å². The lowest BCUT2D eigenvalue weighted by atomic mass is 10.0. The first-order chi connectivity index (χ1) is 13.0. The van der Waals surface area contributed by atoms with Crippen LogP contribution in [-0.4, -0.2) is 26.1 Å². The fourth-order valence-electron chi connectivity index (χ4n) is 2.95. The van der Waals surface area contributed by atoms with Gasteiger partial charge in [0.05, 0.1) is 25.4 Å². The normalized spacial score (nSPS) is 15.5. The van der Waals surface area contributed by atoms with Crippen LogP contribution in [0.5, 0.6) is 5.75 Å². The standard InChI is InChI=1S/C21H18BrNO4/c1-13-19(21(25)27-3)18(12-14-4-6-15(22)7-5-14)20(24)23(13)16-8-10-17(26-2)11-9-16/h4-12H,1-3H3. The number of halogens is 1. The first-order valence-electron chi connectivity index (χ1n) is 8.21. The molecule has 0 bridgehead atoms. The van der Waals surface area contributed by atoms with Gasteiger partial charge in [0.2, 0.25) is 0 Å². The van der Waals surface area contributed by atoms with Gasteiger partial charge in [-0.25, -0.2) is 4.79 Å². The molecule has 0 radical (unpaired) electrons. The Kier molecular flexibility index (Phi) is 5.46. The molecule has 1 amide bonds. The lowest BCUT2D eigenvalue weighted by Crippen LogP contribution is -2.24. The minimum Gasteiger partial charge on any atom is -0.497 e. The number of ether oxygens (including phenoxy) is 2. The fourth-order valence-corrected chi connectivity index (χ4v) is 3.21. The Hall–Kier alpha value is -2.86. The van der Waals surface area contributed by atoms with Gasteiger partial charge in [-0.15, -0.1) is 0 Å². The Labute approximate surface area is 166 Å². The summed E-state index contributed by atoms with van der Waals surface area (Å²) in [6.45, 7) is 1.73. The van der Waals surface area contributed by atoms with Crippen molar-refractivity contribution >= 4 is 39.6 Å². The van der Waals surface area contributed by atoms with E-state index in [0.29, 0.717) is 22.7 Å². The molecule has 0 spiro atoms. The number of amides is 1. The molecular formula is C21H18BrNO4. The number of nitrogens with zero attached hydrogens (tertiary/aromatic N) is 1. The Morgan fingerprint density at radius 3 is 2.22 bits per heavy atom. The van der Waals surface area contributed by atoms with Gasteiger partial charge < -0.3 is 9.47 Å². The van der Waals surface area contributed by atoms with Crippen LogP contribution in [0.3, 0.4) is 0 Å². The van der Waals surface area contributed by atoms with Crippen molar-refractivity contribution in [3.05, 3.63) is 75.4 Å². The molecule has 27 heavy (non-hydrogen) atoms. The van der Waals surface area contributed by atoms with E-state index in [1.54, 1.807) is 44.4 Å². The molecule has 1 aliphatic heterocycles. The van der Waals surface area contributed by atoms with Crippen LogP contribution in [0.15, 0.2) is 69.8 Å². The van der Waals surface area contributed by atoms with E-state index in [1.807, 2.05) is 24.3 Å². The largest absolute Gasteiger partial charge is 0.497 e. The summed E-state index contributed by atoms with van der Waals surface area (Å²) in [5.41, 5.74) is 2.56. The highest BCUT2D eigenvalue weighted by molar-refractivity contribution is 9.10. The minimum atomic E-state index is -0.541. The molecule has 0 aromatic heterocycles. The maximum Gasteiger partial charge on any atom is 0.340 e. The highest BCUT2D eigenvalue weighted by Gasteiger charge is 2.37. The lowest BCUT2D eigenvalue weighted by molar-refractivity contribution is -0.136. The molecule has 138 valence electrons. The number of benzene rings is 2. The predicted octanol–water partition coefficient (Wildman–Crippen LogP) is 4.33. The summed E-state index contributed by atoms with van der Waals surface area (Å²) in [4.78, 5) is 27.0. The van der Waals surface area contributed by atoms with Crippen LogP contribution in [0.2, 0.25) is 0 Å². The van der Waals surface area contributed by atoms with Crippen molar-refractivity contribution in [2.45, 2.75) is 6.92 Å². The zero-order chi connectivity index (χ0) is 19.6. The van der Waals surface area contributed by atoms with Crippen molar-refractivity contribution in [3.63, 3.8) is 0 Å². The molecule has 3 rings (SSSR count). The van der Waals surface area contributed by atoms with Crippen LogP contribution in [0.1, 0.15) is 12.5 Å². The summed E-state index contributed by atoms with van der Waals surface area (Å²) < 4.78 is 11.0. The SMILES string of the molecule is COC(=O)C1=C(C)N(c2ccc(OC)cc2)C(=O)C1=Cc1ccc(Br)cc1. The number of esters is 1. The molecule has 1 aliphatic rings. The molecule has 0 unspecified atom stereocenters. The Morgan fingerprint density at radius 2 is 1.67 bits per heavy atom. The third kappa shape index (κ3) is 3.66. The number of allylic oxidation sites excluding steroid dienone is 1. The van der Waals surface area contributed by atoms with Crippen LogP contribution in [0.25, 0.3) is 6.08 Å². The van der Waals surface area contributed by atoms with E-state index in [-0.39, 0.29) is 11.5 Å². The first kappa shape index (κ1) is 18.9. The number of carbonyl (C=O) groups excluding carboxylic acids is 2. The van der Waals surface area contributed by atoms with Crippen LogP contribution in [0, 0.1) is 0 Å². The number of hydrogen-bond acceptors (Lipinski definition) is 4. The van der Waals surface area contributed by atoms with Crippen molar-refractivity contribution in [1.82, 2.24) is 0 Å². The molecule has 0 fully saturated rings. The maximum atomic E-state index is 13.1. The maximum absolute atomic E-state index is 13.1. The highest BCUT2D eigenvalue weighted by Crippen LogP contribution is 2.36. The van der Waals surface area contributed by atoms with Gasteiger partial charge in [0.1, 0.15) is 5.75 Å². The monoisotopic (exact) mass is 427 g/mol. The fraction of sp³-hybridized carbons (Fsp3) is 0.143. The van der Waals surface area contributed by atoms with Gasteiger partial charge in [-0.2, -0.15) is 0 Å². The third-order valence-corrected chi connectivity index (χ3v) is 4.83. The predicted molar refractivity (Wildman–Crippen MR) is 107 cm³/mol. The summed E-state index contributed by atoms with van der Waals surface area (Å²) in [7, 11) is 2.88. The number of anilines is 1. The molecule has 0 atom stereocenters. The zero-order valence-corrected chi connectivity index (χ0v) is 16.7. The molecule has 6 heteroatoms. The second-order valence-electron chi connectivity index (χ2n) is 5.90. The van der Waals surface area contributed by atoms with Gasteiger partial charge in [-0.05, 0) is 55.0 Å². The summed E-state index contributed by atoms with van der Waals surface area (Å²) in [5, 5.41) is 0. The van der Waals surface area contributed by atoms with Crippen molar-refractivity contribution in [2.24, 2.45) is 0 Å². The minimum absolute atomic E-state index is 0.265. The molecule has 2 aromatic carbocycles. The van der Waals surface area contributed by atoms with E-state index in [9.17, 15) is 9.59 Å². The van der Waals surface area contributed by atoms with Crippen molar-refractivity contribution in [1.29, 1.82) is 0 Å². The molecule has 0 saturated heterocycles. The second kappa shape index (κ2) is 7.80. The second-order valence-corrected chi connectivity index (χ2v) is 6.82. The van der Waals surface area contributed by atoms with E-state index in [0.717, 1.165) is 10.0 Å². The number of hydrogen-bond donors (Lipinski definition) is 0. The topological polar surface area (TPSA) is 55.8 Å². The summed E-state index contributed by atoms with van der Waals surface area (Å²) in [6.07, 6.45) is 1.70. The lowest BCUT2D eigenvalue weighted by Gasteiger charge is -2.18. The van der Waals surface area contributed by atoms with Crippen LogP contribution in [-0.2, 0) is 14.3 Å². The average molecular weight is 428 g/mol. The van der Waals surface area contributed by atoms with Gasteiger partial charge in [0.15, 0.2) is 0 Å². The Balaban J connectivity index is 2.09. The summed E-state index contributed by atoms with van der Waals surface area (Å²) in [5.74, 6) is -0.132. The average Bonchev–Trinajstić information content (AvgIpc) is 2.93. The molecule has 5 nitrogen and oxygen atoms in total. The number of methoxy groups -OCH3 is 2. The Morgan fingerprint density at radius 1 is 1.04 bits per heavy atom. The van der Waals surface area contributed by atoms with Crippen LogP contribution in [0.4, 0.5) is 5.69 Å². The van der Waals surface area contributed by atoms with E-state index >= 15 is 0 Å². The van der Waals surface area contributed by atoms with Gasteiger partial charge in [0, 0.05) is 15.9 Å². The third-order valence-electron chi connectivity index (χ3n) is 4.30. The van der Waals surface area contributed by atoms with Crippen LogP contribution < -0.4 is 9.64 Å². The molecule has 0 saturated carbocycles. The smallest absolute Gasteiger partial charge is 0.340 e. The molecular weight excluding hydrogens is 410 g/mol. The molecule has 1 heterocycles. The zero-order valence-electron chi connectivity index (χ0n) is 15.2. The number of rotatable bonds is 4.